The average molecular weight is 135 g/mol. The third kappa shape index (κ3) is 1550. The van der Waals surface area contributed by atoms with Crippen LogP contribution in [-0.2, 0) is 16.2 Å². The fourth-order valence-electron chi connectivity index (χ4n) is 0. The number of halogens is 3. The second-order valence-electron chi connectivity index (χ2n) is 0.322. The number of hydrogen-bond acceptors (Lipinski definition) is 1. The Morgan fingerprint density at radius 2 is 1.43 bits per heavy atom. The molecule has 6 heteroatoms. The van der Waals surface area contributed by atoms with Crippen molar-refractivity contribution in [1.29, 1.82) is 0 Å². The van der Waals surface area contributed by atoms with Gasteiger partial charge in [-0.05, 0) is 0 Å². The second kappa shape index (κ2) is 9.24. The molecule has 0 fully saturated rings. The minimum Gasteiger partial charge on any atom is -0.174 e. The van der Waals surface area contributed by atoms with Gasteiger partial charge in [-0.25, -0.2) is 0 Å². The summed E-state index contributed by atoms with van der Waals surface area (Å²) in [6, 6.07) is 0. The third-order valence-corrected chi connectivity index (χ3v) is 0. The molecule has 0 aromatic carbocycles. The summed E-state index contributed by atoms with van der Waals surface area (Å²) in [5.41, 5.74) is 0. The second-order valence-corrected chi connectivity index (χ2v) is 0.471. The Kier molecular flexibility index (Phi) is 13.1. The molecule has 0 heterocycles. The standard InChI is InChI=1S/CHF3.O2S/c2-1(3)4;1-3-2/h1H;/p+1. The molecule has 0 aromatic heterocycles. The van der Waals surface area contributed by atoms with Crippen LogP contribution in [0.25, 0.3) is 0 Å². The lowest BCUT2D eigenvalue weighted by Gasteiger charge is -1.65. The molecular weight excluding hydrogens is 133 g/mol. The van der Waals surface area contributed by atoms with E-state index < -0.39 is 18.6 Å². The van der Waals surface area contributed by atoms with Crippen LogP contribution in [0.15, 0.2) is 0 Å². The minimum absolute atomic E-state index is 0.500. The van der Waals surface area contributed by atoms with Gasteiger partial charge in [0.15, 0.2) is 0 Å². The summed E-state index contributed by atoms with van der Waals surface area (Å²) >= 11 is -0.500. The fraction of sp³-hybridized carbons (Fsp3) is 1.00. The van der Waals surface area contributed by atoms with Gasteiger partial charge in [0, 0.05) is 0 Å². The molecule has 0 aliphatic heterocycles. The molecule has 0 aliphatic carbocycles. The lowest BCUT2D eigenvalue weighted by Crippen LogP contribution is -1.65. The summed E-state index contributed by atoms with van der Waals surface area (Å²) in [4.78, 5) is 0. The molecule has 44 valence electrons. The van der Waals surface area contributed by atoms with Crippen LogP contribution in [0, 0.1) is 0 Å². The molecule has 0 radical (unpaired) electrons. The number of rotatable bonds is 0. The van der Waals surface area contributed by atoms with Crippen molar-refractivity contribution in [2.24, 2.45) is 0 Å². The van der Waals surface area contributed by atoms with E-state index >= 15 is 0 Å². The first-order chi connectivity index (χ1) is 3.15. The first kappa shape index (κ1) is 9.91. The van der Waals surface area contributed by atoms with Gasteiger partial charge in [0.25, 0.3) is 0 Å². The van der Waals surface area contributed by atoms with Gasteiger partial charge in [-0.15, -0.1) is 0 Å². The summed E-state index contributed by atoms with van der Waals surface area (Å²) in [5.74, 6) is 0. The molecule has 1 N–H and O–H groups in total. The van der Waals surface area contributed by atoms with E-state index in [-0.39, 0.29) is 0 Å². The van der Waals surface area contributed by atoms with E-state index in [1.807, 2.05) is 0 Å². The average Bonchev–Trinajstić information content (AvgIpc) is 1.33. The van der Waals surface area contributed by atoms with Crippen molar-refractivity contribution < 1.29 is 21.9 Å². The van der Waals surface area contributed by atoms with E-state index in [0.29, 0.717) is 0 Å². The molecule has 0 aliphatic rings. The maximum absolute atomic E-state index is 9.67. The van der Waals surface area contributed by atoms with E-state index in [0.717, 1.165) is 0 Å². The Hall–Kier alpha value is -0.230. The van der Waals surface area contributed by atoms with Gasteiger partial charge in [-0.3, -0.25) is 0 Å². The van der Waals surface area contributed by atoms with E-state index in [2.05, 4.69) is 0 Å². The fourth-order valence-corrected chi connectivity index (χ4v) is 0. The topological polar surface area (TPSA) is 37.3 Å². The normalized spacial score (nSPS) is 7.00. The molecule has 0 spiro atoms. The maximum Gasteiger partial charge on any atom is 0.690 e. The maximum atomic E-state index is 9.67. The number of hydrogen-bond donors (Lipinski definition) is 1. The minimum atomic E-state index is -3.67. The Morgan fingerprint density at radius 1 is 1.43 bits per heavy atom. The molecule has 0 atom stereocenters. The Bertz CT molecular complexity index is 37.2. The Morgan fingerprint density at radius 3 is 1.43 bits per heavy atom. The molecule has 2 nitrogen and oxygen atoms in total. The van der Waals surface area contributed by atoms with Gasteiger partial charge in [-0.2, -0.15) is 13.2 Å². The highest BCUT2D eigenvalue weighted by Crippen LogP contribution is 1.87. The zero-order valence-electron chi connectivity index (χ0n) is 2.97. The Labute approximate surface area is 41.7 Å². The zero-order valence-corrected chi connectivity index (χ0v) is 3.79. The smallest absolute Gasteiger partial charge is 0.174 e. The van der Waals surface area contributed by atoms with Gasteiger partial charge in [-0.1, -0.05) is 4.55 Å². The highest BCUT2D eigenvalue weighted by atomic mass is 32.2. The van der Waals surface area contributed by atoms with Crippen molar-refractivity contribution in [3.8, 4) is 0 Å². The molecule has 0 saturated carbocycles. The lowest BCUT2D eigenvalue weighted by atomic mass is 11.6. The van der Waals surface area contributed by atoms with Crippen LogP contribution in [0.4, 0.5) is 13.2 Å². The van der Waals surface area contributed by atoms with Crippen LogP contribution < -0.4 is 0 Å². The van der Waals surface area contributed by atoms with Crippen molar-refractivity contribution in [3.05, 3.63) is 0 Å². The summed E-state index contributed by atoms with van der Waals surface area (Å²) in [6.45, 7) is -3.67. The molecule has 0 aromatic rings. The zero-order chi connectivity index (χ0) is 6.28. The number of alkyl halides is 3. The van der Waals surface area contributed by atoms with Gasteiger partial charge in [0.1, 0.15) is 0 Å². The van der Waals surface area contributed by atoms with Gasteiger partial charge >= 0.3 is 18.6 Å². The molecule has 7 heavy (non-hydrogen) atoms. The summed E-state index contributed by atoms with van der Waals surface area (Å²) < 4.78 is 44.3. The van der Waals surface area contributed by atoms with E-state index in [1.165, 1.54) is 0 Å². The summed E-state index contributed by atoms with van der Waals surface area (Å²) in [5, 5.41) is 0. The predicted molar refractivity (Wildman–Crippen MR) is 17.8 cm³/mol. The van der Waals surface area contributed by atoms with E-state index in [4.69, 9.17) is 8.76 Å². The van der Waals surface area contributed by atoms with Crippen LogP contribution in [0.1, 0.15) is 0 Å². The monoisotopic (exact) mass is 135 g/mol. The first-order valence-electron chi connectivity index (χ1n) is 1.00. The summed E-state index contributed by atoms with van der Waals surface area (Å²) in [7, 11) is 0. The first-order valence-corrected chi connectivity index (χ1v) is 1.70. The highest BCUT2D eigenvalue weighted by Gasteiger charge is 1.86. The quantitative estimate of drug-likeness (QED) is 0.398. The van der Waals surface area contributed by atoms with Crippen molar-refractivity contribution in [3.63, 3.8) is 0 Å². The van der Waals surface area contributed by atoms with Crippen LogP contribution >= 0.6 is 0 Å². The lowest BCUT2D eigenvalue weighted by molar-refractivity contribution is 0.00819. The van der Waals surface area contributed by atoms with Crippen molar-refractivity contribution in [2.75, 3.05) is 0 Å². The SMILES string of the molecule is FC(F)F.O=[S+]O. The van der Waals surface area contributed by atoms with E-state index in [1.54, 1.807) is 0 Å². The molecule has 0 amide bonds. The Balaban J connectivity index is 0. The van der Waals surface area contributed by atoms with Crippen molar-refractivity contribution in [1.82, 2.24) is 0 Å². The molecule has 0 unspecified atom stereocenters. The van der Waals surface area contributed by atoms with Gasteiger partial charge < -0.3 is 0 Å². The van der Waals surface area contributed by atoms with Crippen LogP contribution in [0.5, 0.6) is 0 Å². The van der Waals surface area contributed by atoms with Crippen LogP contribution in [-0.4, -0.2) is 11.2 Å². The molecular formula is CH2F3O2S+. The highest BCUT2D eigenvalue weighted by molar-refractivity contribution is 7.59. The van der Waals surface area contributed by atoms with Gasteiger partial charge in [0.2, 0.25) is 0 Å². The van der Waals surface area contributed by atoms with Crippen LogP contribution in [0.3, 0.4) is 0 Å². The predicted octanol–water partition coefficient (Wildman–Crippen LogP) is 1.07. The summed E-state index contributed by atoms with van der Waals surface area (Å²) in [6.07, 6.45) is 0. The largest absolute Gasteiger partial charge is 0.690 e. The van der Waals surface area contributed by atoms with Crippen molar-refractivity contribution >= 4 is 11.9 Å². The third-order valence-electron chi connectivity index (χ3n) is 0. The van der Waals surface area contributed by atoms with E-state index in [9.17, 15) is 13.2 Å². The van der Waals surface area contributed by atoms with Crippen molar-refractivity contribution in [2.45, 2.75) is 6.68 Å². The molecule has 0 saturated heterocycles. The molecule has 0 rings (SSSR count). The van der Waals surface area contributed by atoms with Crippen LogP contribution in [0.2, 0.25) is 0 Å². The molecule has 0 bridgehead atoms. The van der Waals surface area contributed by atoms with Gasteiger partial charge in [0.05, 0.1) is 4.21 Å².